The lowest BCUT2D eigenvalue weighted by Gasteiger charge is -2.18. The first-order valence-corrected chi connectivity index (χ1v) is 7.28. The summed E-state index contributed by atoms with van der Waals surface area (Å²) in [5.74, 6) is -0.341. The Bertz CT molecular complexity index is 793. The van der Waals surface area contributed by atoms with Crippen LogP contribution in [0, 0.1) is 10.1 Å². The Labute approximate surface area is 141 Å². The molecule has 0 saturated heterocycles. The third kappa shape index (κ3) is 3.38. The lowest BCUT2D eigenvalue weighted by Crippen LogP contribution is -2.17. The van der Waals surface area contributed by atoms with E-state index in [0.29, 0.717) is 17.3 Å². The van der Waals surface area contributed by atoms with Gasteiger partial charge in [0, 0.05) is 17.8 Å². The number of nitro groups is 1. The van der Waals surface area contributed by atoms with E-state index in [0.717, 1.165) is 6.07 Å². The first-order chi connectivity index (χ1) is 11.5. The number of pyridine rings is 1. The molecule has 3 rings (SSSR count). The van der Waals surface area contributed by atoms with E-state index in [1.807, 2.05) is 0 Å². The molecule has 0 aliphatic carbocycles. The van der Waals surface area contributed by atoms with E-state index in [-0.39, 0.29) is 30.3 Å². The van der Waals surface area contributed by atoms with E-state index >= 15 is 0 Å². The standard InChI is InChI=1S/C15H11ClN2O6/c16-14-2-1-9(7-17-14)8-24-15(19)10-5-12-13(23-4-3-22-12)6-11(10)18(20)21/h1-2,5-7H,3-4,8H2. The minimum absolute atomic E-state index is 0.0887. The lowest BCUT2D eigenvalue weighted by molar-refractivity contribution is -0.385. The summed E-state index contributed by atoms with van der Waals surface area (Å²) in [5.41, 5.74) is -0.00222. The normalized spacial score (nSPS) is 12.5. The van der Waals surface area contributed by atoms with Gasteiger partial charge in [-0.3, -0.25) is 10.1 Å². The van der Waals surface area contributed by atoms with Crippen LogP contribution < -0.4 is 9.47 Å². The summed E-state index contributed by atoms with van der Waals surface area (Å²) in [4.78, 5) is 26.6. The highest BCUT2D eigenvalue weighted by Gasteiger charge is 2.27. The molecule has 1 aliphatic rings. The highest BCUT2D eigenvalue weighted by molar-refractivity contribution is 6.29. The zero-order valence-corrected chi connectivity index (χ0v) is 13.0. The van der Waals surface area contributed by atoms with E-state index in [1.165, 1.54) is 12.3 Å². The molecule has 0 unspecified atom stereocenters. The number of hydrogen-bond acceptors (Lipinski definition) is 7. The highest BCUT2D eigenvalue weighted by Crippen LogP contribution is 2.36. The molecule has 2 aromatic rings. The SMILES string of the molecule is O=C(OCc1ccc(Cl)nc1)c1cc2c(cc1[N+](=O)[O-])OCCO2. The monoisotopic (exact) mass is 350 g/mol. The van der Waals surface area contributed by atoms with Crippen LogP contribution in [0.15, 0.2) is 30.5 Å². The summed E-state index contributed by atoms with van der Waals surface area (Å²) in [5, 5.41) is 11.5. The number of rotatable bonds is 4. The number of nitrogens with zero attached hydrogens (tertiary/aromatic N) is 2. The van der Waals surface area contributed by atoms with Crippen molar-refractivity contribution < 1.29 is 23.9 Å². The topological polar surface area (TPSA) is 101 Å². The van der Waals surface area contributed by atoms with Crippen LogP contribution in [0.3, 0.4) is 0 Å². The molecule has 0 radical (unpaired) electrons. The number of benzene rings is 1. The number of fused-ring (bicyclic) bond motifs is 1. The van der Waals surface area contributed by atoms with Gasteiger partial charge in [-0.05, 0) is 6.07 Å². The third-order valence-electron chi connectivity index (χ3n) is 3.24. The predicted octanol–water partition coefficient (Wildman–Crippen LogP) is 2.77. The number of ether oxygens (including phenoxy) is 3. The van der Waals surface area contributed by atoms with E-state index < -0.39 is 16.6 Å². The molecular formula is C15H11ClN2O6. The number of aromatic nitrogens is 1. The molecule has 24 heavy (non-hydrogen) atoms. The van der Waals surface area contributed by atoms with Gasteiger partial charge in [-0.25, -0.2) is 9.78 Å². The molecular weight excluding hydrogens is 340 g/mol. The summed E-state index contributed by atoms with van der Waals surface area (Å²) >= 11 is 5.67. The van der Waals surface area contributed by atoms with Crippen LogP contribution in [0.2, 0.25) is 5.15 Å². The number of halogens is 1. The Kier molecular flexibility index (Phi) is 4.48. The fourth-order valence-corrected chi connectivity index (χ4v) is 2.22. The molecule has 124 valence electrons. The zero-order valence-electron chi connectivity index (χ0n) is 12.2. The second-order valence-electron chi connectivity index (χ2n) is 4.84. The Balaban J connectivity index is 1.82. The van der Waals surface area contributed by atoms with Crippen molar-refractivity contribution in [3.63, 3.8) is 0 Å². The van der Waals surface area contributed by atoms with E-state index in [2.05, 4.69) is 4.98 Å². The van der Waals surface area contributed by atoms with Gasteiger partial charge < -0.3 is 14.2 Å². The molecule has 9 heteroatoms. The fourth-order valence-electron chi connectivity index (χ4n) is 2.11. The van der Waals surface area contributed by atoms with Crippen molar-refractivity contribution in [2.45, 2.75) is 6.61 Å². The number of carbonyl (C=O) groups is 1. The van der Waals surface area contributed by atoms with Crippen molar-refractivity contribution in [2.24, 2.45) is 0 Å². The van der Waals surface area contributed by atoms with Gasteiger partial charge >= 0.3 is 5.97 Å². The average Bonchev–Trinajstić information content (AvgIpc) is 2.59. The van der Waals surface area contributed by atoms with Crippen LogP contribution in [0.4, 0.5) is 5.69 Å². The van der Waals surface area contributed by atoms with Gasteiger partial charge in [-0.15, -0.1) is 0 Å². The van der Waals surface area contributed by atoms with Gasteiger partial charge in [-0.1, -0.05) is 17.7 Å². The van der Waals surface area contributed by atoms with Crippen molar-refractivity contribution in [3.05, 3.63) is 56.9 Å². The first kappa shape index (κ1) is 16.0. The Hall–Kier alpha value is -2.87. The molecule has 2 heterocycles. The molecule has 0 saturated carbocycles. The second-order valence-corrected chi connectivity index (χ2v) is 5.22. The summed E-state index contributed by atoms with van der Waals surface area (Å²) in [6, 6.07) is 5.61. The average molecular weight is 351 g/mol. The van der Waals surface area contributed by atoms with E-state index in [1.54, 1.807) is 12.1 Å². The fraction of sp³-hybridized carbons (Fsp3) is 0.200. The summed E-state index contributed by atoms with van der Waals surface area (Å²) < 4.78 is 15.7. The molecule has 0 spiro atoms. The van der Waals surface area contributed by atoms with Crippen molar-refractivity contribution >= 4 is 23.3 Å². The Morgan fingerprint density at radius 2 is 2.00 bits per heavy atom. The van der Waals surface area contributed by atoms with Gasteiger partial charge in [-0.2, -0.15) is 0 Å². The van der Waals surface area contributed by atoms with Crippen molar-refractivity contribution in [3.8, 4) is 11.5 Å². The molecule has 0 amide bonds. The Morgan fingerprint density at radius 1 is 1.29 bits per heavy atom. The quantitative estimate of drug-likeness (QED) is 0.361. The van der Waals surface area contributed by atoms with Crippen LogP contribution >= 0.6 is 11.6 Å². The van der Waals surface area contributed by atoms with E-state index in [9.17, 15) is 14.9 Å². The lowest BCUT2D eigenvalue weighted by atomic mass is 10.1. The number of esters is 1. The Morgan fingerprint density at radius 3 is 2.62 bits per heavy atom. The van der Waals surface area contributed by atoms with E-state index in [4.69, 9.17) is 25.8 Å². The molecule has 1 aliphatic heterocycles. The maximum atomic E-state index is 12.2. The molecule has 0 fully saturated rings. The largest absolute Gasteiger partial charge is 0.486 e. The van der Waals surface area contributed by atoms with Crippen LogP contribution in [0.1, 0.15) is 15.9 Å². The van der Waals surface area contributed by atoms with Crippen LogP contribution in [-0.4, -0.2) is 29.1 Å². The maximum Gasteiger partial charge on any atom is 0.345 e. The maximum absolute atomic E-state index is 12.2. The molecule has 0 N–H and O–H groups in total. The van der Waals surface area contributed by atoms with Gasteiger partial charge in [0.1, 0.15) is 30.5 Å². The van der Waals surface area contributed by atoms with Gasteiger partial charge in [0.2, 0.25) is 0 Å². The molecule has 1 aromatic carbocycles. The first-order valence-electron chi connectivity index (χ1n) is 6.90. The van der Waals surface area contributed by atoms with Crippen LogP contribution in [-0.2, 0) is 11.3 Å². The van der Waals surface area contributed by atoms with Gasteiger partial charge in [0.15, 0.2) is 11.5 Å². The van der Waals surface area contributed by atoms with Crippen molar-refractivity contribution in [2.75, 3.05) is 13.2 Å². The molecule has 0 bridgehead atoms. The zero-order chi connectivity index (χ0) is 17.1. The number of carbonyl (C=O) groups excluding carboxylic acids is 1. The number of nitro benzene ring substituents is 1. The smallest absolute Gasteiger partial charge is 0.345 e. The van der Waals surface area contributed by atoms with Crippen molar-refractivity contribution in [1.29, 1.82) is 0 Å². The minimum Gasteiger partial charge on any atom is -0.486 e. The number of hydrogen-bond donors (Lipinski definition) is 0. The molecule has 8 nitrogen and oxygen atoms in total. The second kappa shape index (κ2) is 6.71. The highest BCUT2D eigenvalue weighted by atomic mass is 35.5. The van der Waals surface area contributed by atoms with Gasteiger partial charge in [0.05, 0.1) is 11.0 Å². The van der Waals surface area contributed by atoms with Crippen molar-refractivity contribution in [1.82, 2.24) is 4.98 Å². The van der Waals surface area contributed by atoms with Gasteiger partial charge in [0.25, 0.3) is 5.69 Å². The van der Waals surface area contributed by atoms with Crippen LogP contribution in [0.25, 0.3) is 0 Å². The third-order valence-corrected chi connectivity index (χ3v) is 3.46. The molecule has 0 atom stereocenters. The summed E-state index contributed by atoms with van der Waals surface area (Å²) in [6.45, 7) is 0.502. The minimum atomic E-state index is -0.839. The van der Waals surface area contributed by atoms with Crippen LogP contribution in [0.5, 0.6) is 11.5 Å². The predicted molar refractivity (Wildman–Crippen MR) is 82.5 cm³/mol. The molecule has 1 aromatic heterocycles. The summed E-state index contributed by atoms with van der Waals surface area (Å²) in [7, 11) is 0. The summed E-state index contributed by atoms with van der Waals surface area (Å²) in [6.07, 6.45) is 1.45.